The molecule has 0 atom stereocenters. The van der Waals surface area contributed by atoms with Gasteiger partial charge in [-0.3, -0.25) is 0 Å². The molecule has 0 aromatic heterocycles. The molecule has 2 rings (SSSR count). The van der Waals surface area contributed by atoms with Crippen LogP contribution in [0.25, 0.3) is 0 Å². The van der Waals surface area contributed by atoms with Crippen LogP contribution >= 0.6 is 11.6 Å². The number of rotatable bonds is 2. The molecule has 1 aliphatic carbocycles. The Labute approximate surface area is 97.3 Å². The first-order valence-electron chi connectivity index (χ1n) is 4.87. The summed E-state index contributed by atoms with van der Waals surface area (Å²) in [6, 6.07) is 4.90. The quantitative estimate of drug-likeness (QED) is 0.872. The van der Waals surface area contributed by atoms with Crippen LogP contribution < -0.4 is 10.5 Å². The Morgan fingerprint density at radius 1 is 1.38 bits per heavy atom. The molecule has 1 fully saturated rings. The standard InChI is InChI=1S/C11H12ClF2NO/c1-16-9-4-7(2-3-8(9)12)10(15)5-11(13,14)6-10/h2-4H,5-6,15H2,1H3. The number of benzene rings is 1. The number of hydrogen-bond acceptors (Lipinski definition) is 2. The second kappa shape index (κ2) is 3.57. The molecule has 1 aromatic rings. The van der Waals surface area contributed by atoms with Gasteiger partial charge in [-0.15, -0.1) is 0 Å². The molecule has 0 spiro atoms. The summed E-state index contributed by atoms with van der Waals surface area (Å²) in [5.41, 5.74) is 5.58. The molecule has 1 aliphatic rings. The first kappa shape index (κ1) is 11.6. The maximum atomic E-state index is 12.8. The van der Waals surface area contributed by atoms with E-state index in [0.29, 0.717) is 16.3 Å². The first-order chi connectivity index (χ1) is 7.36. The van der Waals surface area contributed by atoms with E-state index < -0.39 is 11.5 Å². The van der Waals surface area contributed by atoms with Gasteiger partial charge in [-0.1, -0.05) is 17.7 Å². The predicted octanol–water partition coefficient (Wildman–Crippen LogP) is 2.93. The monoisotopic (exact) mass is 247 g/mol. The molecule has 2 nitrogen and oxygen atoms in total. The van der Waals surface area contributed by atoms with Gasteiger partial charge in [0.25, 0.3) is 5.92 Å². The van der Waals surface area contributed by atoms with E-state index in [0.717, 1.165) is 0 Å². The zero-order valence-electron chi connectivity index (χ0n) is 8.77. The van der Waals surface area contributed by atoms with E-state index in [-0.39, 0.29) is 12.8 Å². The van der Waals surface area contributed by atoms with Crippen molar-refractivity contribution < 1.29 is 13.5 Å². The molecule has 0 radical (unpaired) electrons. The van der Waals surface area contributed by atoms with E-state index in [1.54, 1.807) is 18.2 Å². The van der Waals surface area contributed by atoms with Gasteiger partial charge in [-0.25, -0.2) is 8.78 Å². The lowest BCUT2D eigenvalue weighted by Gasteiger charge is -2.45. The highest BCUT2D eigenvalue weighted by molar-refractivity contribution is 6.32. The van der Waals surface area contributed by atoms with Crippen molar-refractivity contribution in [2.24, 2.45) is 5.73 Å². The zero-order valence-corrected chi connectivity index (χ0v) is 9.52. The minimum Gasteiger partial charge on any atom is -0.495 e. The molecule has 0 saturated heterocycles. The minimum absolute atomic E-state index is 0.329. The van der Waals surface area contributed by atoms with Gasteiger partial charge >= 0.3 is 0 Å². The average Bonchev–Trinajstić information content (AvgIpc) is 2.15. The SMILES string of the molecule is COc1cc(C2(N)CC(F)(F)C2)ccc1Cl. The van der Waals surface area contributed by atoms with Gasteiger partial charge in [-0.2, -0.15) is 0 Å². The van der Waals surface area contributed by atoms with Crippen LogP contribution in [0.3, 0.4) is 0 Å². The molecular formula is C11H12ClF2NO. The summed E-state index contributed by atoms with van der Waals surface area (Å²) in [6.07, 6.45) is -0.657. The van der Waals surface area contributed by atoms with Crippen molar-refractivity contribution in [3.8, 4) is 5.75 Å². The Bertz CT molecular complexity index is 414. The van der Waals surface area contributed by atoms with Gasteiger partial charge in [0, 0.05) is 12.8 Å². The Balaban J connectivity index is 2.29. The van der Waals surface area contributed by atoms with Gasteiger partial charge in [0.1, 0.15) is 5.75 Å². The second-order valence-electron chi connectivity index (χ2n) is 4.21. The fourth-order valence-electron chi connectivity index (χ4n) is 2.04. The molecular weight excluding hydrogens is 236 g/mol. The zero-order chi connectivity index (χ0) is 12.0. The maximum Gasteiger partial charge on any atom is 0.252 e. The first-order valence-corrected chi connectivity index (χ1v) is 5.25. The maximum absolute atomic E-state index is 12.8. The summed E-state index contributed by atoms with van der Waals surface area (Å²) in [5.74, 6) is -2.19. The van der Waals surface area contributed by atoms with Crippen molar-refractivity contribution in [2.75, 3.05) is 7.11 Å². The Kier molecular flexibility index (Phi) is 2.59. The van der Waals surface area contributed by atoms with Gasteiger partial charge < -0.3 is 10.5 Å². The Morgan fingerprint density at radius 3 is 2.50 bits per heavy atom. The molecule has 5 heteroatoms. The number of ether oxygens (including phenoxy) is 1. The molecule has 0 heterocycles. The summed E-state index contributed by atoms with van der Waals surface area (Å²) >= 11 is 5.85. The van der Waals surface area contributed by atoms with Crippen LogP contribution in [0.15, 0.2) is 18.2 Å². The lowest BCUT2D eigenvalue weighted by atomic mass is 9.70. The number of hydrogen-bond donors (Lipinski definition) is 1. The molecule has 2 N–H and O–H groups in total. The van der Waals surface area contributed by atoms with Crippen molar-refractivity contribution in [3.63, 3.8) is 0 Å². The molecule has 0 unspecified atom stereocenters. The van der Waals surface area contributed by atoms with Crippen LogP contribution in [0.5, 0.6) is 5.75 Å². The van der Waals surface area contributed by atoms with E-state index in [2.05, 4.69) is 0 Å². The normalized spacial score (nSPS) is 21.3. The van der Waals surface area contributed by atoms with E-state index in [1.807, 2.05) is 0 Å². The van der Waals surface area contributed by atoms with E-state index >= 15 is 0 Å². The van der Waals surface area contributed by atoms with Crippen LogP contribution in [0, 0.1) is 0 Å². The molecule has 0 amide bonds. The molecule has 0 aliphatic heterocycles. The highest BCUT2D eigenvalue weighted by Gasteiger charge is 2.55. The lowest BCUT2D eigenvalue weighted by Crippen LogP contribution is -2.55. The lowest BCUT2D eigenvalue weighted by molar-refractivity contribution is -0.125. The van der Waals surface area contributed by atoms with Gasteiger partial charge in [0.05, 0.1) is 17.7 Å². The third-order valence-electron chi connectivity index (χ3n) is 2.87. The summed E-state index contributed by atoms with van der Waals surface area (Å²) in [6.45, 7) is 0. The number of alkyl halides is 2. The van der Waals surface area contributed by atoms with Crippen LogP contribution in [0.4, 0.5) is 8.78 Å². The van der Waals surface area contributed by atoms with Crippen molar-refractivity contribution in [1.82, 2.24) is 0 Å². The van der Waals surface area contributed by atoms with Crippen LogP contribution in [-0.2, 0) is 5.54 Å². The van der Waals surface area contributed by atoms with Gasteiger partial charge in [-0.05, 0) is 17.7 Å². The smallest absolute Gasteiger partial charge is 0.252 e. The summed E-state index contributed by atoms with van der Waals surface area (Å²) in [7, 11) is 1.48. The third kappa shape index (κ3) is 1.87. The second-order valence-corrected chi connectivity index (χ2v) is 4.62. The third-order valence-corrected chi connectivity index (χ3v) is 3.19. The summed E-state index contributed by atoms with van der Waals surface area (Å²) in [4.78, 5) is 0. The fourth-order valence-corrected chi connectivity index (χ4v) is 2.24. The van der Waals surface area contributed by atoms with Crippen molar-refractivity contribution in [3.05, 3.63) is 28.8 Å². The Morgan fingerprint density at radius 2 is 2.00 bits per heavy atom. The Hall–Kier alpha value is -0.870. The number of halogens is 3. The van der Waals surface area contributed by atoms with Gasteiger partial charge in [0.2, 0.25) is 0 Å². The average molecular weight is 248 g/mol. The summed E-state index contributed by atoms with van der Waals surface area (Å²) < 4.78 is 30.7. The van der Waals surface area contributed by atoms with Crippen molar-refractivity contribution in [2.45, 2.75) is 24.3 Å². The molecule has 0 bridgehead atoms. The molecule has 1 aromatic carbocycles. The number of methoxy groups -OCH3 is 1. The molecule has 88 valence electrons. The van der Waals surface area contributed by atoms with Crippen molar-refractivity contribution >= 4 is 11.6 Å². The van der Waals surface area contributed by atoms with Crippen LogP contribution in [0.2, 0.25) is 5.02 Å². The van der Waals surface area contributed by atoms with Crippen molar-refractivity contribution in [1.29, 1.82) is 0 Å². The predicted molar refractivity (Wildman–Crippen MR) is 58.1 cm³/mol. The topological polar surface area (TPSA) is 35.2 Å². The van der Waals surface area contributed by atoms with E-state index in [4.69, 9.17) is 22.1 Å². The highest BCUT2D eigenvalue weighted by atomic mass is 35.5. The summed E-state index contributed by atoms with van der Waals surface area (Å²) in [5, 5.41) is 0.445. The fraction of sp³-hybridized carbons (Fsp3) is 0.455. The van der Waals surface area contributed by atoms with Crippen LogP contribution in [-0.4, -0.2) is 13.0 Å². The molecule has 1 saturated carbocycles. The van der Waals surface area contributed by atoms with E-state index in [1.165, 1.54) is 7.11 Å². The highest BCUT2D eigenvalue weighted by Crippen LogP contribution is 2.50. The largest absolute Gasteiger partial charge is 0.495 e. The number of nitrogens with two attached hydrogens (primary N) is 1. The molecule has 16 heavy (non-hydrogen) atoms. The van der Waals surface area contributed by atoms with E-state index in [9.17, 15) is 8.78 Å². The van der Waals surface area contributed by atoms with Crippen LogP contribution in [0.1, 0.15) is 18.4 Å². The van der Waals surface area contributed by atoms with Gasteiger partial charge in [0.15, 0.2) is 0 Å². The minimum atomic E-state index is -2.65.